The summed E-state index contributed by atoms with van der Waals surface area (Å²) in [6, 6.07) is -1.12. The first-order chi connectivity index (χ1) is 16.5. The number of aliphatic hydroxyl groups is 3. The van der Waals surface area contributed by atoms with Gasteiger partial charge >= 0.3 is 6.09 Å². The second kappa shape index (κ2) is 13.9. The topological polar surface area (TPSA) is 156 Å². The van der Waals surface area contributed by atoms with E-state index >= 15 is 0 Å². The molecule has 2 amide bonds. The van der Waals surface area contributed by atoms with Crippen LogP contribution in [0.25, 0.3) is 0 Å². The smallest absolute Gasteiger partial charge is 0.407 e. The van der Waals surface area contributed by atoms with Crippen LogP contribution < -0.4 is 10.6 Å². The lowest BCUT2D eigenvalue weighted by Crippen LogP contribution is -2.63. The number of aliphatic hydroxyl groups excluding tert-OH is 3. The van der Waals surface area contributed by atoms with Crippen LogP contribution in [0.2, 0.25) is 0 Å². The molecule has 11 nitrogen and oxygen atoms in total. The van der Waals surface area contributed by atoms with Gasteiger partial charge in [0.15, 0.2) is 6.29 Å². The highest BCUT2D eigenvalue weighted by molar-refractivity contribution is 5.76. The highest BCUT2D eigenvalue weighted by Gasteiger charge is 2.43. The fourth-order valence-corrected chi connectivity index (χ4v) is 3.61. The molecule has 1 saturated heterocycles. The largest absolute Gasteiger partial charge is 0.444 e. The summed E-state index contributed by atoms with van der Waals surface area (Å²) < 4.78 is 22.3. The maximum Gasteiger partial charge on any atom is 0.407 e. The van der Waals surface area contributed by atoms with Gasteiger partial charge in [-0.25, -0.2) is 4.79 Å². The van der Waals surface area contributed by atoms with Gasteiger partial charge in [-0.05, 0) is 67.7 Å². The van der Waals surface area contributed by atoms with Gasteiger partial charge in [0, 0.05) is 13.0 Å². The van der Waals surface area contributed by atoms with Gasteiger partial charge < -0.3 is 44.9 Å². The number of nitrogens with one attached hydrogen (secondary N) is 2. The zero-order chi connectivity index (χ0) is 27.7. The van der Waals surface area contributed by atoms with E-state index in [1.54, 1.807) is 6.92 Å². The lowest BCUT2D eigenvalue weighted by Gasteiger charge is -2.40. The minimum atomic E-state index is -1.41. The van der Waals surface area contributed by atoms with Crippen LogP contribution in [0.3, 0.4) is 0 Å². The molecule has 0 aromatic heterocycles. The number of hydrogen-bond acceptors (Lipinski definition) is 9. The summed E-state index contributed by atoms with van der Waals surface area (Å²) in [5.74, 6) is -0.436. The average molecular weight is 521 g/mol. The molecule has 5 N–H and O–H groups in total. The van der Waals surface area contributed by atoms with E-state index in [1.807, 2.05) is 48.5 Å². The third-order valence-electron chi connectivity index (χ3n) is 5.86. The van der Waals surface area contributed by atoms with E-state index in [-0.39, 0.29) is 13.0 Å². The van der Waals surface area contributed by atoms with Crippen molar-refractivity contribution in [2.75, 3.05) is 19.8 Å². The number of rotatable bonds is 13. The van der Waals surface area contributed by atoms with E-state index in [1.165, 1.54) is 0 Å². The Labute approximate surface area is 215 Å². The molecule has 0 radical (unpaired) electrons. The van der Waals surface area contributed by atoms with Crippen LogP contribution >= 0.6 is 0 Å². The van der Waals surface area contributed by atoms with E-state index in [2.05, 4.69) is 10.6 Å². The maximum absolute atomic E-state index is 12.3. The fourth-order valence-electron chi connectivity index (χ4n) is 3.61. The summed E-state index contributed by atoms with van der Waals surface area (Å²) in [5.41, 5.74) is -1.56. The monoisotopic (exact) mass is 520 g/mol. The van der Waals surface area contributed by atoms with Gasteiger partial charge in [-0.2, -0.15) is 0 Å². The first-order valence-corrected chi connectivity index (χ1v) is 12.7. The standard InChI is InChI=1S/C25H48N2O9/c1-9-16-19(29)20(30)18(21(31)35-16)27-17(28)10-14-33-25(7,8)12-15-34-24(5,6)11-13-26-22(32)36-23(2,3)4/h16,18-21,29-31H,9-15H2,1-8H3,(H,26,32)(H,27,28)/t16-,18-,19-,20-,21?/m1/s1. The van der Waals surface area contributed by atoms with Gasteiger partial charge in [0.1, 0.15) is 23.9 Å². The van der Waals surface area contributed by atoms with Gasteiger partial charge in [0.05, 0.1) is 30.5 Å². The van der Waals surface area contributed by atoms with Crippen molar-refractivity contribution in [3.63, 3.8) is 0 Å². The molecule has 0 spiro atoms. The molecule has 0 aliphatic carbocycles. The second-order valence-corrected chi connectivity index (χ2v) is 11.4. The van der Waals surface area contributed by atoms with E-state index in [4.69, 9.17) is 18.9 Å². The van der Waals surface area contributed by atoms with Crippen LogP contribution in [0, 0.1) is 0 Å². The quantitative estimate of drug-likeness (QED) is 0.243. The van der Waals surface area contributed by atoms with Gasteiger partial charge in [-0.3, -0.25) is 4.79 Å². The van der Waals surface area contributed by atoms with Gasteiger partial charge in [0.2, 0.25) is 5.91 Å². The number of ether oxygens (including phenoxy) is 4. The van der Waals surface area contributed by atoms with Crippen LogP contribution in [0.15, 0.2) is 0 Å². The van der Waals surface area contributed by atoms with Gasteiger partial charge in [-0.1, -0.05) is 6.92 Å². The van der Waals surface area contributed by atoms with Crippen molar-refractivity contribution in [2.24, 2.45) is 0 Å². The van der Waals surface area contributed by atoms with Crippen LogP contribution in [0.4, 0.5) is 4.79 Å². The molecule has 11 heteroatoms. The molecule has 0 aromatic rings. The lowest BCUT2D eigenvalue weighted by molar-refractivity contribution is -0.247. The Morgan fingerprint density at radius 1 is 0.889 bits per heavy atom. The Morgan fingerprint density at radius 3 is 2.06 bits per heavy atom. The number of hydrogen-bond donors (Lipinski definition) is 5. The molecular weight excluding hydrogens is 472 g/mol. The van der Waals surface area contributed by atoms with Crippen LogP contribution in [0.1, 0.15) is 81.1 Å². The van der Waals surface area contributed by atoms with Crippen molar-refractivity contribution >= 4 is 12.0 Å². The summed E-state index contributed by atoms with van der Waals surface area (Å²) >= 11 is 0. The minimum absolute atomic E-state index is 0.00928. The molecule has 0 aromatic carbocycles. The van der Waals surface area contributed by atoms with Crippen LogP contribution in [-0.2, 0) is 23.7 Å². The summed E-state index contributed by atoms with van der Waals surface area (Å²) in [5, 5.41) is 35.6. The highest BCUT2D eigenvalue weighted by Crippen LogP contribution is 2.22. The van der Waals surface area contributed by atoms with Crippen molar-refractivity contribution in [3.05, 3.63) is 0 Å². The molecule has 1 aliphatic rings. The molecule has 1 fully saturated rings. The van der Waals surface area contributed by atoms with Crippen LogP contribution in [0.5, 0.6) is 0 Å². The third kappa shape index (κ3) is 12.2. The van der Waals surface area contributed by atoms with E-state index in [0.29, 0.717) is 32.4 Å². The Kier molecular flexibility index (Phi) is 12.5. The van der Waals surface area contributed by atoms with Crippen molar-refractivity contribution < 1.29 is 43.9 Å². The Morgan fingerprint density at radius 2 is 1.47 bits per heavy atom. The molecule has 36 heavy (non-hydrogen) atoms. The molecule has 212 valence electrons. The predicted octanol–water partition coefficient (Wildman–Crippen LogP) is 1.61. The molecule has 5 atom stereocenters. The van der Waals surface area contributed by atoms with Crippen molar-refractivity contribution in [1.29, 1.82) is 0 Å². The van der Waals surface area contributed by atoms with Gasteiger partial charge in [0.25, 0.3) is 0 Å². The molecule has 1 unspecified atom stereocenters. The summed E-state index contributed by atoms with van der Waals surface area (Å²) in [4.78, 5) is 24.1. The Hall–Kier alpha value is -1.50. The molecular formula is C25H48N2O9. The predicted molar refractivity (Wildman–Crippen MR) is 133 cm³/mol. The van der Waals surface area contributed by atoms with Crippen molar-refractivity contribution in [3.8, 4) is 0 Å². The minimum Gasteiger partial charge on any atom is -0.444 e. The highest BCUT2D eigenvalue weighted by atomic mass is 16.6. The number of amides is 2. The van der Waals surface area contributed by atoms with E-state index < -0.39 is 59.4 Å². The zero-order valence-electron chi connectivity index (χ0n) is 23.1. The van der Waals surface area contributed by atoms with Gasteiger partial charge in [-0.15, -0.1) is 0 Å². The Bertz CT molecular complexity index is 694. The SMILES string of the molecule is CC[C@H]1OC(O)[C@H](NC(=O)CCOC(C)(C)CCOC(C)(C)CCNC(=O)OC(C)(C)C)[C@@H](O)[C@@H]1O. The zero-order valence-corrected chi connectivity index (χ0v) is 23.1. The van der Waals surface area contributed by atoms with E-state index in [9.17, 15) is 24.9 Å². The first-order valence-electron chi connectivity index (χ1n) is 12.7. The summed E-state index contributed by atoms with van der Waals surface area (Å²) in [6.45, 7) is 15.8. The number of carbonyl (C=O) groups excluding carboxylic acids is 2. The van der Waals surface area contributed by atoms with Crippen LogP contribution in [-0.4, -0.2) is 94.5 Å². The molecule has 0 bridgehead atoms. The van der Waals surface area contributed by atoms with E-state index in [0.717, 1.165) is 0 Å². The lowest BCUT2D eigenvalue weighted by atomic mass is 9.95. The number of alkyl carbamates (subject to hydrolysis) is 1. The average Bonchev–Trinajstić information content (AvgIpc) is 2.71. The molecule has 0 saturated carbocycles. The Balaban J connectivity index is 2.32. The van der Waals surface area contributed by atoms with Crippen molar-refractivity contribution in [2.45, 2.75) is 129 Å². The normalized spacial score (nSPS) is 25.4. The molecule has 1 heterocycles. The summed E-state index contributed by atoms with van der Waals surface area (Å²) in [6.07, 6.45) is -3.48. The molecule has 1 rings (SSSR count). The fraction of sp³-hybridized carbons (Fsp3) is 0.920. The number of carbonyl (C=O) groups is 2. The molecule has 1 aliphatic heterocycles. The third-order valence-corrected chi connectivity index (χ3v) is 5.86. The maximum atomic E-state index is 12.3. The summed E-state index contributed by atoms with van der Waals surface area (Å²) in [7, 11) is 0. The first kappa shape index (κ1) is 32.5. The van der Waals surface area contributed by atoms with Crippen molar-refractivity contribution in [1.82, 2.24) is 10.6 Å². The second-order valence-electron chi connectivity index (χ2n) is 11.4.